The molecule has 20 heavy (non-hydrogen) atoms. The van der Waals surface area contributed by atoms with E-state index < -0.39 is 0 Å². The first-order valence-corrected chi connectivity index (χ1v) is 6.23. The van der Waals surface area contributed by atoms with E-state index in [0.29, 0.717) is 18.1 Å². The number of aromatic nitrogens is 2. The van der Waals surface area contributed by atoms with Gasteiger partial charge in [0.25, 0.3) is 0 Å². The number of anilines is 1. The Morgan fingerprint density at radius 3 is 3.00 bits per heavy atom. The van der Waals surface area contributed by atoms with Crippen molar-refractivity contribution in [2.75, 3.05) is 5.73 Å². The van der Waals surface area contributed by atoms with Crippen LogP contribution >= 0.6 is 0 Å². The Labute approximate surface area is 117 Å². The Bertz CT molecular complexity index is 637. The van der Waals surface area contributed by atoms with E-state index in [0.717, 1.165) is 11.3 Å². The summed E-state index contributed by atoms with van der Waals surface area (Å²) in [7, 11) is 0. The van der Waals surface area contributed by atoms with Crippen molar-refractivity contribution >= 4 is 17.7 Å². The van der Waals surface area contributed by atoms with E-state index in [4.69, 9.17) is 5.73 Å². The third-order valence-electron chi connectivity index (χ3n) is 2.62. The van der Waals surface area contributed by atoms with Crippen LogP contribution in [0.4, 0.5) is 5.69 Å². The van der Waals surface area contributed by atoms with Crippen molar-refractivity contribution in [1.29, 1.82) is 0 Å². The lowest BCUT2D eigenvalue weighted by atomic mass is 10.2. The normalized spacial score (nSPS) is 10.7. The number of nitrogens with one attached hydrogen (secondary N) is 1. The maximum Gasteiger partial charge on any atom is 0.244 e. The van der Waals surface area contributed by atoms with Crippen LogP contribution in [0, 0.1) is 6.92 Å². The van der Waals surface area contributed by atoms with Gasteiger partial charge in [-0.15, -0.1) is 0 Å². The van der Waals surface area contributed by atoms with Crippen molar-refractivity contribution < 1.29 is 4.79 Å². The number of nitrogen functional groups attached to an aromatic ring is 1. The van der Waals surface area contributed by atoms with Crippen LogP contribution in [0.3, 0.4) is 0 Å². The maximum absolute atomic E-state index is 11.7. The SMILES string of the molecule is Cc1nccc(CNC(=O)/C=C/c2cccc(N)c2)n1. The van der Waals surface area contributed by atoms with Crippen LogP contribution in [0.15, 0.2) is 42.6 Å². The minimum Gasteiger partial charge on any atom is -0.399 e. The molecule has 5 heteroatoms. The third-order valence-corrected chi connectivity index (χ3v) is 2.62. The van der Waals surface area contributed by atoms with E-state index in [1.807, 2.05) is 19.1 Å². The second-order valence-corrected chi connectivity index (χ2v) is 4.32. The van der Waals surface area contributed by atoms with Crippen molar-refractivity contribution in [2.45, 2.75) is 13.5 Å². The summed E-state index contributed by atoms with van der Waals surface area (Å²) < 4.78 is 0. The van der Waals surface area contributed by atoms with Crippen LogP contribution in [0.5, 0.6) is 0 Å². The highest BCUT2D eigenvalue weighted by molar-refractivity contribution is 5.91. The van der Waals surface area contributed by atoms with Gasteiger partial charge >= 0.3 is 0 Å². The molecule has 0 aliphatic heterocycles. The predicted molar refractivity (Wildman–Crippen MR) is 78.5 cm³/mol. The third kappa shape index (κ3) is 4.20. The molecule has 3 N–H and O–H groups in total. The van der Waals surface area contributed by atoms with Crippen molar-refractivity contribution in [3.8, 4) is 0 Å². The number of hydrogen-bond donors (Lipinski definition) is 2. The Kier molecular flexibility index (Phi) is 4.44. The second-order valence-electron chi connectivity index (χ2n) is 4.32. The van der Waals surface area contributed by atoms with Gasteiger partial charge in [0.1, 0.15) is 5.82 Å². The van der Waals surface area contributed by atoms with Gasteiger partial charge in [-0.3, -0.25) is 4.79 Å². The first-order chi connectivity index (χ1) is 9.63. The van der Waals surface area contributed by atoms with E-state index >= 15 is 0 Å². The molecule has 1 heterocycles. The molecule has 1 aromatic heterocycles. The van der Waals surface area contributed by atoms with Crippen molar-refractivity contribution in [1.82, 2.24) is 15.3 Å². The molecule has 1 amide bonds. The summed E-state index contributed by atoms with van der Waals surface area (Å²) in [6, 6.07) is 9.10. The van der Waals surface area contributed by atoms with Gasteiger partial charge in [0.2, 0.25) is 5.91 Å². The molecular formula is C15H16N4O. The molecule has 0 saturated carbocycles. The van der Waals surface area contributed by atoms with Crippen LogP contribution in [-0.4, -0.2) is 15.9 Å². The van der Waals surface area contributed by atoms with E-state index in [1.54, 1.807) is 30.5 Å². The largest absolute Gasteiger partial charge is 0.399 e. The summed E-state index contributed by atoms with van der Waals surface area (Å²) in [5.74, 6) is 0.510. The maximum atomic E-state index is 11.7. The van der Waals surface area contributed by atoms with Crippen LogP contribution in [-0.2, 0) is 11.3 Å². The summed E-state index contributed by atoms with van der Waals surface area (Å²) in [5.41, 5.74) is 8.00. The van der Waals surface area contributed by atoms with Crippen molar-refractivity contribution in [3.05, 3.63) is 59.7 Å². The Hall–Kier alpha value is -2.69. The molecule has 0 bridgehead atoms. The molecule has 102 valence electrons. The Morgan fingerprint density at radius 1 is 1.40 bits per heavy atom. The molecular weight excluding hydrogens is 252 g/mol. The van der Waals surface area contributed by atoms with E-state index in [-0.39, 0.29) is 5.91 Å². The Balaban J connectivity index is 1.89. The number of nitrogens with zero attached hydrogens (tertiary/aromatic N) is 2. The van der Waals surface area contributed by atoms with Crippen LogP contribution in [0.25, 0.3) is 6.08 Å². The van der Waals surface area contributed by atoms with Gasteiger partial charge in [-0.1, -0.05) is 12.1 Å². The van der Waals surface area contributed by atoms with E-state index in [2.05, 4.69) is 15.3 Å². The molecule has 0 aliphatic rings. The molecule has 0 aliphatic carbocycles. The summed E-state index contributed by atoms with van der Waals surface area (Å²) >= 11 is 0. The quantitative estimate of drug-likeness (QED) is 0.653. The van der Waals surface area contributed by atoms with Gasteiger partial charge < -0.3 is 11.1 Å². The predicted octanol–water partition coefficient (Wildman–Crippen LogP) is 1.70. The average Bonchev–Trinajstić information content (AvgIpc) is 2.43. The Morgan fingerprint density at radius 2 is 2.25 bits per heavy atom. The zero-order chi connectivity index (χ0) is 14.4. The van der Waals surface area contributed by atoms with Gasteiger partial charge in [0.05, 0.1) is 12.2 Å². The van der Waals surface area contributed by atoms with Crippen molar-refractivity contribution in [3.63, 3.8) is 0 Å². The van der Waals surface area contributed by atoms with Gasteiger partial charge in [-0.2, -0.15) is 0 Å². The van der Waals surface area contributed by atoms with Crippen LogP contribution < -0.4 is 11.1 Å². The highest BCUT2D eigenvalue weighted by Gasteiger charge is 1.99. The number of carbonyl (C=O) groups excluding carboxylic acids is 1. The molecule has 5 nitrogen and oxygen atoms in total. The fourth-order valence-corrected chi connectivity index (χ4v) is 1.67. The molecule has 0 spiro atoms. The lowest BCUT2D eigenvalue weighted by molar-refractivity contribution is -0.116. The highest BCUT2D eigenvalue weighted by atomic mass is 16.1. The lowest BCUT2D eigenvalue weighted by Gasteiger charge is -2.02. The minimum atomic E-state index is -0.177. The zero-order valence-corrected chi connectivity index (χ0v) is 11.2. The average molecular weight is 268 g/mol. The monoisotopic (exact) mass is 268 g/mol. The van der Waals surface area contributed by atoms with Gasteiger partial charge in [0, 0.05) is 18.0 Å². The molecule has 2 rings (SSSR count). The smallest absolute Gasteiger partial charge is 0.244 e. The molecule has 0 atom stereocenters. The summed E-state index contributed by atoms with van der Waals surface area (Å²) in [6.07, 6.45) is 4.87. The molecule has 1 aromatic carbocycles. The standard InChI is InChI=1S/C15H16N4O/c1-11-17-8-7-14(19-11)10-18-15(20)6-5-12-3-2-4-13(16)9-12/h2-9H,10,16H2,1H3,(H,18,20)/b6-5+. The molecule has 2 aromatic rings. The first kappa shape index (κ1) is 13.7. The number of carbonyl (C=O) groups is 1. The highest BCUT2D eigenvalue weighted by Crippen LogP contribution is 2.07. The molecule has 0 radical (unpaired) electrons. The summed E-state index contributed by atoms with van der Waals surface area (Å²) in [5, 5.41) is 2.76. The van der Waals surface area contributed by atoms with Gasteiger partial charge in [0.15, 0.2) is 0 Å². The first-order valence-electron chi connectivity index (χ1n) is 6.23. The van der Waals surface area contributed by atoms with Crippen LogP contribution in [0.1, 0.15) is 17.1 Å². The topological polar surface area (TPSA) is 80.9 Å². The molecule has 0 unspecified atom stereocenters. The summed E-state index contributed by atoms with van der Waals surface area (Å²) in [6.45, 7) is 2.19. The molecule has 0 saturated heterocycles. The number of hydrogen-bond acceptors (Lipinski definition) is 4. The van der Waals surface area contributed by atoms with Crippen molar-refractivity contribution in [2.24, 2.45) is 0 Å². The number of benzene rings is 1. The minimum absolute atomic E-state index is 0.177. The zero-order valence-electron chi connectivity index (χ0n) is 11.2. The second kappa shape index (κ2) is 6.47. The number of nitrogens with two attached hydrogens (primary N) is 1. The van der Waals surface area contributed by atoms with E-state index in [1.165, 1.54) is 6.08 Å². The molecule has 0 fully saturated rings. The summed E-state index contributed by atoms with van der Waals surface area (Å²) in [4.78, 5) is 19.9. The van der Waals surface area contributed by atoms with Gasteiger partial charge in [-0.05, 0) is 36.8 Å². The van der Waals surface area contributed by atoms with Crippen LogP contribution in [0.2, 0.25) is 0 Å². The van der Waals surface area contributed by atoms with Gasteiger partial charge in [-0.25, -0.2) is 9.97 Å². The number of amides is 1. The lowest BCUT2D eigenvalue weighted by Crippen LogP contribution is -2.21. The number of aryl methyl sites for hydroxylation is 1. The number of rotatable bonds is 4. The van der Waals surface area contributed by atoms with E-state index in [9.17, 15) is 4.79 Å². The fourth-order valence-electron chi connectivity index (χ4n) is 1.67. The fraction of sp³-hybridized carbons (Fsp3) is 0.133.